The van der Waals surface area contributed by atoms with Crippen LogP contribution in [-0.4, -0.2) is 4.98 Å². The van der Waals surface area contributed by atoms with E-state index in [4.69, 9.17) is 0 Å². The van der Waals surface area contributed by atoms with Crippen molar-refractivity contribution in [3.05, 3.63) is 65.0 Å². The maximum Gasteiger partial charge on any atom is 0.252 e. The smallest absolute Gasteiger partial charge is 0.201 e. The molecule has 1 nitrogen and oxygen atoms in total. The highest BCUT2D eigenvalue weighted by molar-refractivity contribution is 5.69. The van der Waals surface area contributed by atoms with E-state index in [9.17, 15) is 17.6 Å². The van der Waals surface area contributed by atoms with Crippen molar-refractivity contribution in [1.82, 2.24) is 4.98 Å². The molecule has 1 heterocycles. The van der Waals surface area contributed by atoms with Crippen LogP contribution in [0.25, 0.3) is 12.2 Å². The Bertz CT molecular complexity index is 567. The summed E-state index contributed by atoms with van der Waals surface area (Å²) in [6.45, 7) is 0. The van der Waals surface area contributed by atoms with Gasteiger partial charge < -0.3 is 0 Å². The number of rotatable bonds is 2. The maximum atomic E-state index is 13.2. The molecule has 0 spiro atoms. The molecule has 0 saturated carbocycles. The molecule has 0 aliphatic carbocycles. The Morgan fingerprint density at radius 2 is 1.33 bits per heavy atom. The molecule has 5 heteroatoms. The lowest BCUT2D eigenvalue weighted by Crippen LogP contribution is -2.02. The van der Waals surface area contributed by atoms with Gasteiger partial charge in [-0.3, -0.25) is 0 Å². The highest BCUT2D eigenvalue weighted by Gasteiger charge is 2.18. The zero-order valence-electron chi connectivity index (χ0n) is 9.00. The minimum atomic E-state index is -1.67. The van der Waals surface area contributed by atoms with Gasteiger partial charge in [0.1, 0.15) is 0 Å². The molecule has 0 bridgehead atoms. The Balaban J connectivity index is 2.44. The van der Waals surface area contributed by atoms with E-state index in [0.717, 1.165) is 6.08 Å². The number of nitrogens with zero attached hydrogens (tertiary/aromatic N) is 1. The molecule has 0 radical (unpaired) electrons. The van der Waals surface area contributed by atoms with Crippen LogP contribution in [0.1, 0.15) is 11.1 Å². The predicted octanol–water partition coefficient (Wildman–Crippen LogP) is 3.81. The standard InChI is InChI=1S/C13H7F4N/c14-10-9(11(15)13(17)18-12(10)16)7-6-8-4-2-1-3-5-8/h1-7H. The van der Waals surface area contributed by atoms with Crippen molar-refractivity contribution >= 4 is 12.2 Å². The molecule has 2 rings (SSSR count). The van der Waals surface area contributed by atoms with Crippen LogP contribution in [0.4, 0.5) is 17.6 Å². The first-order valence-corrected chi connectivity index (χ1v) is 5.02. The Morgan fingerprint density at radius 3 is 1.89 bits per heavy atom. The van der Waals surface area contributed by atoms with Gasteiger partial charge in [-0.05, 0) is 11.6 Å². The van der Waals surface area contributed by atoms with Crippen LogP contribution >= 0.6 is 0 Å². The quantitative estimate of drug-likeness (QED) is 0.585. The first kappa shape index (κ1) is 12.3. The molecule has 0 saturated heterocycles. The summed E-state index contributed by atoms with van der Waals surface area (Å²) in [5.74, 6) is -6.36. The maximum absolute atomic E-state index is 13.2. The van der Waals surface area contributed by atoms with Crippen LogP contribution in [0.5, 0.6) is 0 Å². The van der Waals surface area contributed by atoms with E-state index < -0.39 is 29.1 Å². The molecular formula is C13H7F4N. The topological polar surface area (TPSA) is 12.9 Å². The third-order valence-corrected chi connectivity index (χ3v) is 2.27. The van der Waals surface area contributed by atoms with E-state index >= 15 is 0 Å². The molecule has 0 N–H and O–H groups in total. The fraction of sp³-hybridized carbons (Fsp3) is 0. The molecule has 0 amide bonds. The SMILES string of the molecule is Fc1nc(F)c(F)c(C=Cc2ccccc2)c1F. The van der Waals surface area contributed by atoms with Crippen LogP contribution in [-0.2, 0) is 0 Å². The minimum absolute atomic E-state index is 0.647. The number of hydrogen-bond donors (Lipinski definition) is 0. The number of aromatic nitrogens is 1. The van der Waals surface area contributed by atoms with Gasteiger partial charge in [-0.15, -0.1) is 0 Å². The van der Waals surface area contributed by atoms with Gasteiger partial charge in [-0.2, -0.15) is 13.8 Å². The van der Waals surface area contributed by atoms with Gasteiger partial charge in [0.15, 0.2) is 11.6 Å². The summed E-state index contributed by atoms with van der Waals surface area (Å²) < 4.78 is 52.1. The second-order valence-electron chi connectivity index (χ2n) is 3.48. The van der Waals surface area contributed by atoms with E-state index in [1.807, 2.05) is 0 Å². The summed E-state index contributed by atoms with van der Waals surface area (Å²) in [4.78, 5) is 2.47. The highest BCUT2D eigenvalue weighted by atomic mass is 19.2. The largest absolute Gasteiger partial charge is 0.252 e. The molecular weight excluding hydrogens is 246 g/mol. The van der Waals surface area contributed by atoms with Crippen LogP contribution in [0.2, 0.25) is 0 Å². The average molecular weight is 253 g/mol. The molecule has 1 aromatic heterocycles. The van der Waals surface area contributed by atoms with Gasteiger partial charge >= 0.3 is 0 Å². The Hall–Kier alpha value is -2.17. The predicted molar refractivity (Wildman–Crippen MR) is 59.4 cm³/mol. The monoisotopic (exact) mass is 253 g/mol. The van der Waals surface area contributed by atoms with E-state index in [-0.39, 0.29) is 0 Å². The Labute approximate surface area is 100 Å². The number of halogens is 4. The molecule has 18 heavy (non-hydrogen) atoms. The van der Waals surface area contributed by atoms with Gasteiger partial charge in [-0.1, -0.05) is 36.4 Å². The molecule has 0 fully saturated rings. The van der Waals surface area contributed by atoms with Crippen molar-refractivity contribution in [3.63, 3.8) is 0 Å². The van der Waals surface area contributed by atoms with E-state index in [1.54, 1.807) is 30.3 Å². The molecule has 92 valence electrons. The summed E-state index contributed by atoms with van der Waals surface area (Å²) in [5.41, 5.74) is -0.141. The second kappa shape index (κ2) is 5.00. The normalized spacial score (nSPS) is 11.1. The second-order valence-corrected chi connectivity index (χ2v) is 3.48. The third-order valence-electron chi connectivity index (χ3n) is 2.27. The van der Waals surface area contributed by atoms with Gasteiger partial charge in [0, 0.05) is 0 Å². The molecule has 2 aromatic rings. The van der Waals surface area contributed by atoms with Gasteiger partial charge in [-0.25, -0.2) is 8.78 Å². The van der Waals surface area contributed by atoms with E-state index in [0.29, 0.717) is 5.56 Å². The summed E-state index contributed by atoms with van der Waals surface area (Å²) in [6.07, 6.45) is 2.31. The summed E-state index contributed by atoms with van der Waals surface area (Å²) in [6, 6.07) is 8.57. The van der Waals surface area contributed by atoms with Gasteiger partial charge in [0.05, 0.1) is 5.56 Å². The number of hydrogen-bond acceptors (Lipinski definition) is 1. The molecule has 0 atom stereocenters. The summed E-state index contributed by atoms with van der Waals surface area (Å²) >= 11 is 0. The van der Waals surface area contributed by atoms with Crippen LogP contribution < -0.4 is 0 Å². The van der Waals surface area contributed by atoms with Crippen LogP contribution in [0.3, 0.4) is 0 Å². The van der Waals surface area contributed by atoms with E-state index in [2.05, 4.69) is 4.98 Å². The Kier molecular flexibility index (Phi) is 3.41. The zero-order valence-corrected chi connectivity index (χ0v) is 9.00. The first-order valence-electron chi connectivity index (χ1n) is 5.02. The first-order chi connectivity index (χ1) is 8.59. The number of benzene rings is 1. The number of pyridine rings is 1. The van der Waals surface area contributed by atoms with Crippen molar-refractivity contribution in [1.29, 1.82) is 0 Å². The molecule has 0 unspecified atom stereocenters. The minimum Gasteiger partial charge on any atom is -0.201 e. The summed E-state index contributed by atoms with van der Waals surface area (Å²) in [7, 11) is 0. The van der Waals surface area contributed by atoms with Crippen molar-refractivity contribution in [2.45, 2.75) is 0 Å². The third kappa shape index (κ3) is 2.40. The van der Waals surface area contributed by atoms with Crippen LogP contribution in [0.15, 0.2) is 30.3 Å². The lowest BCUT2D eigenvalue weighted by atomic mass is 10.1. The zero-order chi connectivity index (χ0) is 13.1. The lowest BCUT2D eigenvalue weighted by Gasteiger charge is -2.01. The highest BCUT2D eigenvalue weighted by Crippen LogP contribution is 2.19. The molecule has 0 aliphatic heterocycles. The Morgan fingerprint density at radius 1 is 0.778 bits per heavy atom. The fourth-order valence-corrected chi connectivity index (χ4v) is 1.39. The van der Waals surface area contributed by atoms with E-state index in [1.165, 1.54) is 6.08 Å². The lowest BCUT2D eigenvalue weighted by molar-refractivity contribution is 0.404. The summed E-state index contributed by atoms with van der Waals surface area (Å²) in [5, 5.41) is 0. The van der Waals surface area contributed by atoms with Gasteiger partial charge in [0.2, 0.25) is 0 Å². The fourth-order valence-electron chi connectivity index (χ4n) is 1.39. The van der Waals surface area contributed by atoms with Gasteiger partial charge in [0.25, 0.3) is 11.9 Å². The van der Waals surface area contributed by atoms with Crippen molar-refractivity contribution < 1.29 is 17.6 Å². The van der Waals surface area contributed by atoms with Crippen LogP contribution in [0, 0.1) is 23.5 Å². The van der Waals surface area contributed by atoms with Crippen molar-refractivity contribution in [2.24, 2.45) is 0 Å². The average Bonchev–Trinajstić information content (AvgIpc) is 2.38. The van der Waals surface area contributed by atoms with Crippen molar-refractivity contribution in [2.75, 3.05) is 0 Å². The molecule has 0 aliphatic rings. The molecule has 1 aromatic carbocycles. The van der Waals surface area contributed by atoms with Crippen molar-refractivity contribution in [3.8, 4) is 0 Å².